The Morgan fingerprint density at radius 3 is 2.20 bits per heavy atom. The molecule has 2 heterocycles. The highest BCUT2D eigenvalue weighted by atomic mass is 14.9. The van der Waals surface area contributed by atoms with Crippen molar-refractivity contribution >= 4 is 10.8 Å². The van der Waals surface area contributed by atoms with Gasteiger partial charge in [0.25, 0.3) is 0 Å². The first-order valence-corrected chi connectivity index (χ1v) is 17.2. The van der Waals surface area contributed by atoms with Crippen molar-refractivity contribution in [3.8, 4) is 79.1 Å². The molecule has 0 fully saturated rings. The van der Waals surface area contributed by atoms with E-state index < -0.39 is 0 Å². The fourth-order valence-electron chi connectivity index (χ4n) is 6.92. The molecule has 1 aliphatic rings. The molecule has 51 heavy (non-hydrogen) atoms. The van der Waals surface area contributed by atoms with Crippen molar-refractivity contribution in [2.24, 2.45) is 0 Å². The first kappa shape index (κ1) is 30.3. The lowest BCUT2D eigenvalue weighted by Gasteiger charge is -2.14. The molecule has 3 heteroatoms. The number of fused-ring (bicyclic) bond motifs is 2. The summed E-state index contributed by atoms with van der Waals surface area (Å²) in [6, 6.07) is 53.7. The van der Waals surface area contributed by atoms with Gasteiger partial charge in [0.2, 0.25) is 0 Å². The molecule has 0 atom stereocenters. The third-order valence-corrected chi connectivity index (χ3v) is 9.61. The maximum Gasteiger partial charge on any atom is 0.160 e. The molecule has 0 saturated heterocycles. The van der Waals surface area contributed by atoms with Crippen LogP contribution in [0.1, 0.15) is 23.1 Å². The smallest absolute Gasteiger partial charge is 0.160 e. The summed E-state index contributed by atoms with van der Waals surface area (Å²) < 4.78 is 0. The monoisotopic (exact) mass is 649 g/mol. The van der Waals surface area contributed by atoms with Crippen LogP contribution in [0.3, 0.4) is 0 Å². The van der Waals surface area contributed by atoms with Gasteiger partial charge in [-0.15, -0.1) is 0 Å². The minimum absolute atomic E-state index is 0.658. The SMILES string of the molecule is Cc1cc(-c2cccnc2)c#cc1-c1cc(-c2ccc(-c3cccc4c3C#CCC4)cc2)nc(-c2cccc(-c3ccc4ccccc4c3)c2)n1. The Morgan fingerprint density at radius 2 is 1.33 bits per heavy atom. The molecule has 0 aliphatic heterocycles. The standard InChI is InChI=1S/C48H31N3/c1-32-27-39(42-15-8-26-49-31-42)24-25-43(32)47-30-46(36-21-19-35(20-22-36)45-17-7-12-34-10-4-5-16-44(34)45)50-48(51-47)41-14-6-13-38(29-41)40-23-18-33-9-2-3-11-37(33)28-40/h2-3,6-9,11-15,17-23,26-31H,4,10H2,1H3. The minimum Gasteiger partial charge on any atom is -0.264 e. The molecule has 0 N–H and O–H groups in total. The van der Waals surface area contributed by atoms with Crippen molar-refractivity contribution in [2.45, 2.75) is 19.8 Å². The van der Waals surface area contributed by atoms with Gasteiger partial charge in [-0.3, -0.25) is 4.98 Å². The normalized spacial score (nSPS) is 11.7. The van der Waals surface area contributed by atoms with E-state index in [0.29, 0.717) is 5.82 Å². The largest absolute Gasteiger partial charge is 0.264 e. The number of hydrogen-bond donors (Lipinski definition) is 0. The molecule has 238 valence electrons. The number of benzene rings is 5. The van der Waals surface area contributed by atoms with Crippen LogP contribution >= 0.6 is 0 Å². The summed E-state index contributed by atoms with van der Waals surface area (Å²) in [5, 5.41) is 2.44. The molecular formula is C48H31N3. The highest BCUT2D eigenvalue weighted by Gasteiger charge is 2.15. The zero-order valence-electron chi connectivity index (χ0n) is 28.1. The molecule has 8 aromatic rings. The van der Waals surface area contributed by atoms with E-state index >= 15 is 0 Å². The van der Waals surface area contributed by atoms with Crippen molar-refractivity contribution in [2.75, 3.05) is 0 Å². The van der Waals surface area contributed by atoms with Crippen LogP contribution in [-0.2, 0) is 6.42 Å². The van der Waals surface area contributed by atoms with E-state index in [2.05, 4.69) is 157 Å². The Morgan fingerprint density at radius 1 is 0.569 bits per heavy atom. The molecule has 3 nitrogen and oxygen atoms in total. The van der Waals surface area contributed by atoms with E-state index in [0.717, 1.165) is 79.9 Å². The van der Waals surface area contributed by atoms with Gasteiger partial charge in [0, 0.05) is 46.6 Å². The topological polar surface area (TPSA) is 38.7 Å². The quantitative estimate of drug-likeness (QED) is 0.168. The maximum absolute atomic E-state index is 5.19. The van der Waals surface area contributed by atoms with Gasteiger partial charge in [-0.2, -0.15) is 0 Å². The molecule has 9 rings (SSSR count). The van der Waals surface area contributed by atoms with Gasteiger partial charge in [0.15, 0.2) is 5.82 Å². The molecule has 6 aromatic carbocycles. The van der Waals surface area contributed by atoms with E-state index in [-0.39, 0.29) is 0 Å². The molecule has 0 spiro atoms. The summed E-state index contributed by atoms with van der Waals surface area (Å²) >= 11 is 0. The van der Waals surface area contributed by atoms with E-state index in [1.165, 1.54) is 21.9 Å². The predicted octanol–water partition coefficient (Wildman–Crippen LogP) is 11.2. The summed E-state index contributed by atoms with van der Waals surface area (Å²) in [4.78, 5) is 14.6. The second-order valence-electron chi connectivity index (χ2n) is 12.9. The summed E-state index contributed by atoms with van der Waals surface area (Å²) in [5.41, 5.74) is 14.6. The van der Waals surface area contributed by atoms with E-state index in [9.17, 15) is 0 Å². The third-order valence-electron chi connectivity index (χ3n) is 9.61. The number of nitrogens with zero attached hydrogens (tertiary/aromatic N) is 3. The van der Waals surface area contributed by atoms with E-state index in [1.54, 1.807) is 6.20 Å². The zero-order valence-corrected chi connectivity index (χ0v) is 28.1. The highest BCUT2D eigenvalue weighted by molar-refractivity contribution is 5.88. The minimum atomic E-state index is 0.658. The Kier molecular flexibility index (Phi) is 7.66. The van der Waals surface area contributed by atoms with Gasteiger partial charge >= 0.3 is 0 Å². The predicted molar refractivity (Wildman–Crippen MR) is 208 cm³/mol. The van der Waals surface area contributed by atoms with Gasteiger partial charge in [-0.05, 0) is 87.8 Å². The van der Waals surface area contributed by atoms with Crippen LogP contribution in [0.2, 0.25) is 0 Å². The highest BCUT2D eigenvalue weighted by Crippen LogP contribution is 2.34. The zero-order chi connectivity index (χ0) is 34.1. The lowest BCUT2D eigenvalue weighted by molar-refractivity contribution is 1.01. The average Bonchev–Trinajstić information content (AvgIpc) is 3.20. The summed E-state index contributed by atoms with van der Waals surface area (Å²) in [7, 11) is 0. The van der Waals surface area contributed by atoms with Crippen LogP contribution in [0.5, 0.6) is 0 Å². The molecule has 1 aliphatic carbocycles. The van der Waals surface area contributed by atoms with Gasteiger partial charge in [-0.1, -0.05) is 127 Å². The Balaban J connectivity index is 1.15. The molecule has 0 unspecified atom stereocenters. The third kappa shape index (κ3) is 5.93. The molecule has 2 aromatic heterocycles. The van der Waals surface area contributed by atoms with Gasteiger partial charge in [-0.25, -0.2) is 9.97 Å². The van der Waals surface area contributed by atoms with Crippen molar-refractivity contribution in [3.05, 3.63) is 175 Å². The first-order valence-electron chi connectivity index (χ1n) is 17.2. The first-order chi connectivity index (χ1) is 25.2. The Hall–Kier alpha value is -6.81. The summed E-state index contributed by atoms with van der Waals surface area (Å²) in [6.45, 7) is 2.10. The molecular weight excluding hydrogens is 619 g/mol. The molecule has 0 bridgehead atoms. The Bertz CT molecular complexity index is 2640. The number of aromatic nitrogens is 3. The second-order valence-corrected chi connectivity index (χ2v) is 12.9. The van der Waals surface area contributed by atoms with Crippen molar-refractivity contribution in [1.82, 2.24) is 15.0 Å². The van der Waals surface area contributed by atoms with Crippen LogP contribution in [0.15, 0.2) is 146 Å². The second kappa shape index (κ2) is 12.9. The maximum atomic E-state index is 5.19. The summed E-state index contributed by atoms with van der Waals surface area (Å²) in [6.07, 6.45) is 5.55. The van der Waals surface area contributed by atoms with Crippen LogP contribution in [-0.4, -0.2) is 15.0 Å². The van der Waals surface area contributed by atoms with Crippen LogP contribution in [0, 0.1) is 30.9 Å². The number of hydrogen-bond acceptors (Lipinski definition) is 3. The van der Waals surface area contributed by atoms with Crippen LogP contribution in [0.4, 0.5) is 0 Å². The summed E-state index contributed by atoms with van der Waals surface area (Å²) in [5.74, 6) is 7.35. The van der Waals surface area contributed by atoms with Crippen LogP contribution in [0.25, 0.3) is 78.1 Å². The lowest BCUT2D eigenvalue weighted by Crippen LogP contribution is -1.98. The van der Waals surface area contributed by atoms with Crippen molar-refractivity contribution in [3.63, 3.8) is 0 Å². The fraction of sp³-hybridized carbons (Fsp3) is 0.0625. The molecule has 0 radical (unpaired) electrons. The van der Waals surface area contributed by atoms with Gasteiger partial charge < -0.3 is 0 Å². The fourth-order valence-corrected chi connectivity index (χ4v) is 6.92. The number of pyridine rings is 1. The van der Waals surface area contributed by atoms with Gasteiger partial charge in [0.05, 0.1) is 17.0 Å². The van der Waals surface area contributed by atoms with Crippen molar-refractivity contribution in [1.29, 1.82) is 0 Å². The lowest BCUT2D eigenvalue weighted by atomic mass is 9.91. The van der Waals surface area contributed by atoms with Crippen molar-refractivity contribution < 1.29 is 0 Å². The number of aryl methyl sites for hydroxylation is 2. The average molecular weight is 650 g/mol. The van der Waals surface area contributed by atoms with Gasteiger partial charge in [0.1, 0.15) is 0 Å². The van der Waals surface area contributed by atoms with Crippen LogP contribution < -0.4 is 0 Å². The molecule has 0 amide bonds. The van der Waals surface area contributed by atoms with E-state index in [4.69, 9.17) is 9.97 Å². The van der Waals surface area contributed by atoms with E-state index in [1.807, 2.05) is 18.3 Å². The molecule has 0 saturated carbocycles. The Labute approximate surface area is 298 Å². The number of rotatable bonds is 6.